The Kier molecular flexibility index (Phi) is 4.04. The molecule has 0 spiro atoms. The van der Waals surface area contributed by atoms with Crippen LogP contribution in [-0.4, -0.2) is 26.4 Å². The van der Waals surface area contributed by atoms with E-state index in [0.29, 0.717) is 18.0 Å². The molecule has 0 saturated heterocycles. The average Bonchev–Trinajstić information content (AvgIpc) is 3.28. The van der Waals surface area contributed by atoms with E-state index in [4.69, 9.17) is 11.6 Å². The molecule has 2 aromatic heterocycles. The third kappa shape index (κ3) is 2.49. The van der Waals surface area contributed by atoms with E-state index in [2.05, 4.69) is 15.6 Å². The van der Waals surface area contributed by atoms with Crippen molar-refractivity contribution in [3.63, 3.8) is 0 Å². The van der Waals surface area contributed by atoms with Crippen molar-refractivity contribution in [3.8, 4) is 16.9 Å². The van der Waals surface area contributed by atoms with Gasteiger partial charge in [0.25, 0.3) is 0 Å². The monoisotopic (exact) mass is 390 g/mol. The van der Waals surface area contributed by atoms with E-state index in [1.807, 2.05) is 42.7 Å². The highest BCUT2D eigenvalue weighted by atomic mass is 35.5. The highest BCUT2D eigenvalue weighted by molar-refractivity contribution is 6.34. The van der Waals surface area contributed by atoms with Gasteiger partial charge in [0.05, 0.1) is 11.0 Å². The first-order chi connectivity index (χ1) is 13.7. The third-order valence-electron chi connectivity index (χ3n) is 5.38. The first-order valence-electron chi connectivity index (χ1n) is 9.29. The van der Waals surface area contributed by atoms with Crippen LogP contribution in [0, 0.1) is 0 Å². The molecule has 0 aliphatic carbocycles. The Bertz CT molecular complexity index is 1330. The van der Waals surface area contributed by atoms with Crippen molar-refractivity contribution in [2.75, 3.05) is 6.61 Å². The summed E-state index contributed by atoms with van der Waals surface area (Å²) in [7, 11) is 0. The van der Waals surface area contributed by atoms with Crippen LogP contribution in [0.2, 0.25) is 5.02 Å². The molecule has 5 heteroatoms. The van der Waals surface area contributed by atoms with Gasteiger partial charge in [-0.05, 0) is 36.2 Å². The lowest BCUT2D eigenvalue weighted by molar-refractivity contribution is 0.281. The highest BCUT2D eigenvalue weighted by Crippen LogP contribution is 2.42. The lowest BCUT2D eigenvalue weighted by Gasteiger charge is -2.10. The number of hydrogen-bond donors (Lipinski definition) is 3. The van der Waals surface area contributed by atoms with E-state index >= 15 is 0 Å². The highest BCUT2D eigenvalue weighted by Gasteiger charge is 2.18. The largest absolute Gasteiger partial charge is 0.508 e. The number of aromatic hydroxyl groups is 1. The fourth-order valence-corrected chi connectivity index (χ4v) is 4.41. The van der Waals surface area contributed by atoms with Gasteiger partial charge in [-0.25, -0.2) is 0 Å². The van der Waals surface area contributed by atoms with Gasteiger partial charge in [-0.2, -0.15) is 0 Å². The number of aromatic nitrogens is 2. The topological polar surface area (TPSA) is 61.2 Å². The van der Waals surface area contributed by atoms with Crippen molar-refractivity contribution < 1.29 is 10.2 Å². The van der Waals surface area contributed by atoms with Crippen molar-refractivity contribution in [1.29, 1.82) is 0 Å². The Morgan fingerprint density at radius 2 is 1.71 bits per heavy atom. The molecule has 0 saturated carbocycles. The van der Waals surface area contributed by atoms with Crippen LogP contribution in [0.15, 0.2) is 60.9 Å². The number of fused-ring (bicyclic) bond motifs is 5. The van der Waals surface area contributed by atoms with Gasteiger partial charge >= 0.3 is 0 Å². The van der Waals surface area contributed by atoms with Gasteiger partial charge in [0.2, 0.25) is 0 Å². The van der Waals surface area contributed by atoms with Crippen LogP contribution in [0.3, 0.4) is 0 Å². The number of hydrogen-bond acceptors (Lipinski definition) is 2. The van der Waals surface area contributed by atoms with Gasteiger partial charge in [0.1, 0.15) is 5.75 Å². The average molecular weight is 391 g/mol. The zero-order valence-corrected chi connectivity index (χ0v) is 15.9. The SMILES string of the molecule is OCCCn1c2cc(O)ccc2c2c3c[nH]cc3c(-c3ccccc3Cl)cc21. The van der Waals surface area contributed by atoms with Crippen molar-refractivity contribution in [2.24, 2.45) is 0 Å². The zero-order chi connectivity index (χ0) is 19.3. The molecule has 0 radical (unpaired) electrons. The maximum absolute atomic E-state index is 10.1. The van der Waals surface area contributed by atoms with E-state index in [1.165, 1.54) is 0 Å². The lowest BCUT2D eigenvalue weighted by Crippen LogP contribution is -2.00. The number of aliphatic hydroxyl groups excluding tert-OH is 1. The Hall–Kier alpha value is -2.95. The number of aliphatic hydroxyl groups is 1. The van der Waals surface area contributed by atoms with E-state index < -0.39 is 0 Å². The molecular formula is C23H19ClN2O2. The van der Waals surface area contributed by atoms with Crippen LogP contribution in [-0.2, 0) is 6.54 Å². The summed E-state index contributed by atoms with van der Waals surface area (Å²) in [5, 5.41) is 24.6. The quantitative estimate of drug-likeness (QED) is 0.369. The molecule has 0 unspecified atom stereocenters. The van der Waals surface area contributed by atoms with Crippen LogP contribution in [0.5, 0.6) is 5.75 Å². The summed E-state index contributed by atoms with van der Waals surface area (Å²) in [6.45, 7) is 0.779. The number of phenols is 1. The molecule has 4 nitrogen and oxygen atoms in total. The number of H-pyrrole nitrogens is 1. The number of aromatic amines is 1. The molecular weight excluding hydrogens is 372 g/mol. The molecule has 2 heterocycles. The fourth-order valence-electron chi connectivity index (χ4n) is 4.17. The maximum Gasteiger partial charge on any atom is 0.117 e. The zero-order valence-electron chi connectivity index (χ0n) is 15.1. The minimum atomic E-state index is 0.115. The standard InChI is InChI=1S/C23H19ClN2O2/c24-20-5-2-1-4-15(20)17-11-22-23(19-13-25-12-18(17)19)16-7-6-14(28)10-21(16)26(22)8-3-9-27/h1-2,4-7,10-13,25,27-28H,3,8-9H2. The van der Waals surface area contributed by atoms with Gasteiger partial charge < -0.3 is 19.8 Å². The van der Waals surface area contributed by atoms with Crippen LogP contribution < -0.4 is 0 Å². The van der Waals surface area contributed by atoms with Crippen molar-refractivity contribution >= 4 is 44.2 Å². The first kappa shape index (κ1) is 17.2. The number of rotatable bonds is 4. The number of aryl methyl sites for hydroxylation is 1. The van der Waals surface area contributed by atoms with Gasteiger partial charge in [-0.15, -0.1) is 0 Å². The van der Waals surface area contributed by atoms with E-state index in [-0.39, 0.29) is 12.4 Å². The van der Waals surface area contributed by atoms with E-state index in [0.717, 1.165) is 43.7 Å². The molecule has 0 amide bonds. The number of nitrogens with zero attached hydrogens (tertiary/aromatic N) is 1. The smallest absolute Gasteiger partial charge is 0.117 e. The van der Waals surface area contributed by atoms with Crippen LogP contribution in [0.4, 0.5) is 0 Å². The Balaban J connectivity index is 1.95. The van der Waals surface area contributed by atoms with Crippen molar-refractivity contribution in [1.82, 2.24) is 9.55 Å². The van der Waals surface area contributed by atoms with E-state index in [9.17, 15) is 10.2 Å². The lowest BCUT2D eigenvalue weighted by atomic mass is 9.97. The molecule has 5 rings (SSSR count). The Morgan fingerprint density at radius 1 is 0.893 bits per heavy atom. The predicted octanol–water partition coefficient (Wildman–Crippen LogP) is 5.68. The molecule has 0 aliphatic heterocycles. The molecule has 0 atom stereocenters. The Morgan fingerprint density at radius 3 is 2.54 bits per heavy atom. The molecule has 0 aliphatic rings. The third-order valence-corrected chi connectivity index (χ3v) is 5.71. The summed E-state index contributed by atoms with van der Waals surface area (Å²) in [4.78, 5) is 3.25. The molecule has 3 N–H and O–H groups in total. The number of halogens is 1. The van der Waals surface area contributed by atoms with Gasteiger partial charge in [-0.3, -0.25) is 0 Å². The second-order valence-corrected chi connectivity index (χ2v) is 7.42. The van der Waals surface area contributed by atoms with Crippen LogP contribution >= 0.6 is 11.6 Å². The second-order valence-electron chi connectivity index (χ2n) is 7.01. The molecule has 5 aromatic rings. The molecule has 0 bridgehead atoms. The normalized spacial score (nSPS) is 11.8. The van der Waals surface area contributed by atoms with Gasteiger partial charge in [0, 0.05) is 63.7 Å². The van der Waals surface area contributed by atoms with Crippen LogP contribution in [0.25, 0.3) is 43.7 Å². The molecule has 3 aromatic carbocycles. The minimum absolute atomic E-state index is 0.115. The van der Waals surface area contributed by atoms with Crippen LogP contribution in [0.1, 0.15) is 6.42 Å². The summed E-state index contributed by atoms with van der Waals surface area (Å²) >= 11 is 6.52. The van der Waals surface area contributed by atoms with Gasteiger partial charge in [0.15, 0.2) is 0 Å². The minimum Gasteiger partial charge on any atom is -0.508 e. The predicted molar refractivity (Wildman–Crippen MR) is 115 cm³/mol. The summed E-state index contributed by atoms with van der Waals surface area (Å²) < 4.78 is 2.17. The second kappa shape index (κ2) is 6.59. The van der Waals surface area contributed by atoms with Crippen molar-refractivity contribution in [2.45, 2.75) is 13.0 Å². The summed E-state index contributed by atoms with van der Waals surface area (Å²) in [5.41, 5.74) is 4.07. The number of phenolic OH excluding ortho intramolecular Hbond substituents is 1. The molecule has 28 heavy (non-hydrogen) atoms. The summed E-state index contributed by atoms with van der Waals surface area (Å²) in [5.74, 6) is 0.234. The number of benzene rings is 3. The summed E-state index contributed by atoms with van der Waals surface area (Å²) in [6.07, 6.45) is 4.66. The molecule has 140 valence electrons. The maximum atomic E-state index is 10.1. The fraction of sp³-hybridized carbons (Fsp3) is 0.130. The van der Waals surface area contributed by atoms with E-state index in [1.54, 1.807) is 12.1 Å². The Labute approximate surface area is 166 Å². The number of nitrogens with one attached hydrogen (secondary N) is 1. The first-order valence-corrected chi connectivity index (χ1v) is 9.67. The van der Waals surface area contributed by atoms with Gasteiger partial charge in [-0.1, -0.05) is 29.8 Å². The molecule has 0 fully saturated rings. The van der Waals surface area contributed by atoms with Crippen molar-refractivity contribution in [3.05, 3.63) is 65.9 Å². The summed E-state index contributed by atoms with van der Waals surface area (Å²) in [6, 6.07) is 15.5.